The highest BCUT2D eigenvalue weighted by molar-refractivity contribution is 5.19. The van der Waals surface area contributed by atoms with E-state index < -0.39 is 0 Å². The second-order valence-corrected chi connectivity index (χ2v) is 6.55. The molecular weight excluding hydrogens is 236 g/mol. The van der Waals surface area contributed by atoms with Crippen LogP contribution in [-0.4, -0.2) is 25.0 Å². The average molecular weight is 262 g/mol. The zero-order valence-corrected chi connectivity index (χ0v) is 12.1. The SMILES string of the molecule is CC1CC1c1ccc(C(CN)N(C)CC2CCC2)o1. The van der Waals surface area contributed by atoms with Crippen molar-refractivity contribution in [3.8, 4) is 0 Å². The van der Waals surface area contributed by atoms with Gasteiger partial charge in [0.05, 0.1) is 6.04 Å². The number of hydrogen-bond donors (Lipinski definition) is 1. The standard InChI is InChI=1S/C16H26N2O/c1-11-8-13(11)15-6-7-16(19-15)14(9-17)18(2)10-12-4-3-5-12/h6-7,11-14H,3-5,8-10,17H2,1-2H3. The lowest BCUT2D eigenvalue weighted by atomic mass is 9.85. The molecule has 2 fully saturated rings. The van der Waals surface area contributed by atoms with Gasteiger partial charge in [-0.3, -0.25) is 4.90 Å². The van der Waals surface area contributed by atoms with Gasteiger partial charge in [-0.25, -0.2) is 0 Å². The molecule has 0 spiro atoms. The van der Waals surface area contributed by atoms with Gasteiger partial charge in [0.15, 0.2) is 0 Å². The molecule has 2 aliphatic carbocycles. The van der Waals surface area contributed by atoms with E-state index in [9.17, 15) is 0 Å². The molecule has 3 unspecified atom stereocenters. The zero-order valence-electron chi connectivity index (χ0n) is 12.1. The van der Waals surface area contributed by atoms with E-state index in [2.05, 4.69) is 31.0 Å². The Kier molecular flexibility index (Phi) is 3.68. The van der Waals surface area contributed by atoms with Gasteiger partial charge >= 0.3 is 0 Å². The Morgan fingerprint density at radius 1 is 1.42 bits per heavy atom. The van der Waals surface area contributed by atoms with Crippen LogP contribution in [0.4, 0.5) is 0 Å². The van der Waals surface area contributed by atoms with Crippen molar-refractivity contribution < 1.29 is 4.42 Å². The summed E-state index contributed by atoms with van der Waals surface area (Å²) in [7, 11) is 2.18. The molecule has 2 aliphatic rings. The van der Waals surface area contributed by atoms with E-state index in [1.165, 1.54) is 25.7 Å². The van der Waals surface area contributed by atoms with Crippen molar-refractivity contribution in [3.05, 3.63) is 23.7 Å². The first-order valence-electron chi connectivity index (χ1n) is 7.69. The molecule has 3 rings (SSSR count). The summed E-state index contributed by atoms with van der Waals surface area (Å²) in [6.45, 7) is 4.07. The molecule has 3 nitrogen and oxygen atoms in total. The van der Waals surface area contributed by atoms with Gasteiger partial charge in [0, 0.05) is 19.0 Å². The summed E-state index contributed by atoms with van der Waals surface area (Å²) < 4.78 is 6.06. The van der Waals surface area contributed by atoms with Crippen molar-refractivity contribution in [2.45, 2.75) is 44.6 Å². The summed E-state index contributed by atoms with van der Waals surface area (Å²) in [4.78, 5) is 2.38. The fourth-order valence-electron chi connectivity index (χ4n) is 3.19. The van der Waals surface area contributed by atoms with Gasteiger partial charge in [-0.1, -0.05) is 13.3 Å². The smallest absolute Gasteiger partial charge is 0.122 e. The van der Waals surface area contributed by atoms with Gasteiger partial charge in [-0.05, 0) is 50.3 Å². The third kappa shape index (κ3) is 2.72. The quantitative estimate of drug-likeness (QED) is 0.856. The van der Waals surface area contributed by atoms with E-state index in [4.69, 9.17) is 10.2 Å². The molecule has 2 N–H and O–H groups in total. The van der Waals surface area contributed by atoms with Crippen LogP contribution in [0.5, 0.6) is 0 Å². The van der Waals surface area contributed by atoms with Gasteiger partial charge in [-0.15, -0.1) is 0 Å². The highest BCUT2D eigenvalue weighted by Gasteiger charge is 2.37. The van der Waals surface area contributed by atoms with Crippen LogP contribution < -0.4 is 5.73 Å². The predicted octanol–water partition coefficient (Wildman–Crippen LogP) is 3.13. The maximum Gasteiger partial charge on any atom is 0.122 e. The predicted molar refractivity (Wildman–Crippen MR) is 77.0 cm³/mol. The lowest BCUT2D eigenvalue weighted by Crippen LogP contribution is -2.35. The molecule has 19 heavy (non-hydrogen) atoms. The highest BCUT2D eigenvalue weighted by Crippen LogP contribution is 2.47. The normalized spacial score (nSPS) is 28.4. The number of rotatable bonds is 6. The fraction of sp³-hybridized carbons (Fsp3) is 0.750. The maximum atomic E-state index is 6.06. The minimum atomic E-state index is 0.239. The first kappa shape index (κ1) is 13.2. The minimum absolute atomic E-state index is 0.239. The molecule has 0 radical (unpaired) electrons. The first-order chi connectivity index (χ1) is 9.19. The van der Waals surface area contributed by atoms with E-state index >= 15 is 0 Å². The molecule has 106 valence electrons. The van der Waals surface area contributed by atoms with Crippen molar-refractivity contribution in [2.24, 2.45) is 17.6 Å². The average Bonchev–Trinajstić information content (AvgIpc) is 2.88. The second-order valence-electron chi connectivity index (χ2n) is 6.55. The Morgan fingerprint density at radius 3 is 2.68 bits per heavy atom. The van der Waals surface area contributed by atoms with Crippen LogP contribution in [0.25, 0.3) is 0 Å². The number of likely N-dealkylation sites (N-methyl/N-ethyl adjacent to an activating group) is 1. The summed E-state index contributed by atoms with van der Waals surface area (Å²) in [6.07, 6.45) is 5.43. The van der Waals surface area contributed by atoms with E-state index in [1.807, 2.05) is 0 Å². The van der Waals surface area contributed by atoms with Gasteiger partial charge in [0.2, 0.25) is 0 Å². The van der Waals surface area contributed by atoms with Crippen LogP contribution in [0.15, 0.2) is 16.5 Å². The molecule has 0 bridgehead atoms. The fourth-order valence-corrected chi connectivity index (χ4v) is 3.19. The van der Waals surface area contributed by atoms with Crippen molar-refractivity contribution >= 4 is 0 Å². The summed E-state index contributed by atoms with van der Waals surface area (Å²) in [5.41, 5.74) is 5.97. The van der Waals surface area contributed by atoms with E-state index in [0.717, 1.165) is 29.9 Å². The summed E-state index contributed by atoms with van der Waals surface area (Å²) >= 11 is 0. The molecular formula is C16H26N2O. The molecule has 1 aromatic heterocycles. The summed E-state index contributed by atoms with van der Waals surface area (Å²) in [6, 6.07) is 4.53. The van der Waals surface area contributed by atoms with Crippen molar-refractivity contribution in [1.82, 2.24) is 4.90 Å². The topological polar surface area (TPSA) is 42.4 Å². The highest BCUT2D eigenvalue weighted by atomic mass is 16.3. The van der Waals surface area contributed by atoms with Crippen molar-refractivity contribution in [2.75, 3.05) is 20.1 Å². The van der Waals surface area contributed by atoms with Crippen molar-refractivity contribution in [3.63, 3.8) is 0 Å². The molecule has 0 saturated heterocycles. The molecule has 1 heterocycles. The molecule has 2 saturated carbocycles. The number of nitrogens with zero attached hydrogens (tertiary/aromatic N) is 1. The Morgan fingerprint density at radius 2 is 2.16 bits per heavy atom. The van der Waals surface area contributed by atoms with Gasteiger partial charge in [0.25, 0.3) is 0 Å². The molecule has 0 aromatic carbocycles. The molecule has 3 atom stereocenters. The van der Waals surface area contributed by atoms with Crippen LogP contribution >= 0.6 is 0 Å². The van der Waals surface area contributed by atoms with Gasteiger partial charge in [0.1, 0.15) is 11.5 Å². The van der Waals surface area contributed by atoms with E-state index in [1.54, 1.807) is 0 Å². The lowest BCUT2D eigenvalue weighted by Gasteiger charge is -2.33. The summed E-state index contributed by atoms with van der Waals surface area (Å²) in [5, 5.41) is 0. The number of hydrogen-bond acceptors (Lipinski definition) is 3. The van der Waals surface area contributed by atoms with Crippen LogP contribution in [0, 0.1) is 11.8 Å². The Labute approximate surface area is 116 Å². The largest absolute Gasteiger partial charge is 0.464 e. The minimum Gasteiger partial charge on any atom is -0.464 e. The van der Waals surface area contributed by atoms with Crippen LogP contribution in [0.2, 0.25) is 0 Å². The third-order valence-electron chi connectivity index (χ3n) is 4.98. The zero-order chi connectivity index (χ0) is 13.4. The lowest BCUT2D eigenvalue weighted by molar-refractivity contribution is 0.150. The Bertz CT molecular complexity index is 424. The van der Waals surface area contributed by atoms with Crippen LogP contribution in [-0.2, 0) is 0 Å². The summed E-state index contributed by atoms with van der Waals surface area (Å²) in [5.74, 6) is 4.54. The Hall–Kier alpha value is -0.800. The first-order valence-corrected chi connectivity index (χ1v) is 7.69. The third-order valence-corrected chi connectivity index (χ3v) is 4.98. The molecule has 0 amide bonds. The molecule has 1 aromatic rings. The van der Waals surface area contributed by atoms with E-state index in [-0.39, 0.29) is 6.04 Å². The van der Waals surface area contributed by atoms with Crippen LogP contribution in [0.1, 0.15) is 56.1 Å². The van der Waals surface area contributed by atoms with Gasteiger partial charge in [-0.2, -0.15) is 0 Å². The Balaban J connectivity index is 1.64. The monoisotopic (exact) mass is 262 g/mol. The maximum absolute atomic E-state index is 6.06. The second kappa shape index (κ2) is 5.29. The van der Waals surface area contributed by atoms with E-state index in [0.29, 0.717) is 12.5 Å². The molecule has 0 aliphatic heterocycles. The van der Waals surface area contributed by atoms with Crippen molar-refractivity contribution in [1.29, 1.82) is 0 Å². The van der Waals surface area contributed by atoms with Gasteiger partial charge < -0.3 is 10.2 Å². The molecule has 3 heteroatoms. The number of nitrogens with two attached hydrogens (primary N) is 1. The van der Waals surface area contributed by atoms with Crippen LogP contribution in [0.3, 0.4) is 0 Å². The number of furan rings is 1.